The van der Waals surface area contributed by atoms with Gasteiger partial charge in [0.1, 0.15) is 5.75 Å². The average Bonchev–Trinajstić information content (AvgIpc) is 2.24. The van der Waals surface area contributed by atoms with E-state index < -0.39 is 5.97 Å². The summed E-state index contributed by atoms with van der Waals surface area (Å²) >= 11 is 0. The molecule has 104 valence electrons. The number of nitrogens with one attached hydrogen (secondary N) is 1. The Labute approximate surface area is 112 Å². The Hall–Kier alpha value is -2.04. The number of carbonyl (C=O) groups is 2. The van der Waals surface area contributed by atoms with E-state index in [2.05, 4.69) is 5.32 Å². The van der Waals surface area contributed by atoms with Gasteiger partial charge in [-0.05, 0) is 39.8 Å². The largest absolute Gasteiger partial charge is 0.483 e. The van der Waals surface area contributed by atoms with Crippen LogP contribution in [0.4, 0.5) is 0 Å². The molecule has 0 spiro atoms. The number of carboxylic acid groups (broad SMARTS) is 1. The van der Waals surface area contributed by atoms with E-state index in [4.69, 9.17) is 9.84 Å². The smallest absolute Gasteiger partial charge is 0.336 e. The first-order valence-electron chi connectivity index (χ1n) is 5.97. The second-order valence-electron chi connectivity index (χ2n) is 5.32. The molecule has 0 aliphatic rings. The number of benzene rings is 1. The molecule has 0 fully saturated rings. The van der Waals surface area contributed by atoms with Crippen molar-refractivity contribution in [3.63, 3.8) is 0 Å². The van der Waals surface area contributed by atoms with Gasteiger partial charge in [-0.2, -0.15) is 0 Å². The molecule has 0 saturated heterocycles. The monoisotopic (exact) mass is 265 g/mol. The van der Waals surface area contributed by atoms with Gasteiger partial charge >= 0.3 is 5.97 Å². The van der Waals surface area contributed by atoms with E-state index in [1.54, 1.807) is 19.1 Å². The summed E-state index contributed by atoms with van der Waals surface area (Å²) in [5.74, 6) is -0.848. The van der Waals surface area contributed by atoms with Crippen molar-refractivity contribution in [3.05, 3.63) is 29.3 Å². The molecule has 0 aliphatic carbocycles. The lowest BCUT2D eigenvalue weighted by Crippen LogP contribution is -2.43. The quantitative estimate of drug-likeness (QED) is 0.873. The molecule has 0 saturated carbocycles. The van der Waals surface area contributed by atoms with Crippen LogP contribution < -0.4 is 10.1 Å². The van der Waals surface area contributed by atoms with Gasteiger partial charge in [-0.25, -0.2) is 4.79 Å². The highest BCUT2D eigenvalue weighted by Gasteiger charge is 2.15. The van der Waals surface area contributed by atoms with E-state index in [-0.39, 0.29) is 23.6 Å². The molecule has 5 heteroatoms. The summed E-state index contributed by atoms with van der Waals surface area (Å²) in [6.45, 7) is 7.14. The fourth-order valence-corrected chi connectivity index (χ4v) is 1.60. The third-order valence-corrected chi connectivity index (χ3v) is 2.39. The normalized spacial score (nSPS) is 10.9. The zero-order valence-electron chi connectivity index (χ0n) is 11.6. The van der Waals surface area contributed by atoms with Crippen LogP contribution in [-0.2, 0) is 4.79 Å². The van der Waals surface area contributed by atoms with Gasteiger partial charge in [0.15, 0.2) is 6.61 Å². The van der Waals surface area contributed by atoms with Crippen LogP contribution in [0, 0.1) is 6.92 Å². The molecule has 1 aromatic rings. The lowest BCUT2D eigenvalue weighted by molar-refractivity contribution is -0.124. The van der Waals surface area contributed by atoms with Gasteiger partial charge in [0, 0.05) is 11.1 Å². The minimum absolute atomic E-state index is 0.138. The van der Waals surface area contributed by atoms with E-state index in [1.165, 1.54) is 6.07 Å². The molecule has 19 heavy (non-hydrogen) atoms. The summed E-state index contributed by atoms with van der Waals surface area (Å²) in [6, 6.07) is 4.74. The predicted molar refractivity (Wildman–Crippen MR) is 71.5 cm³/mol. The second-order valence-corrected chi connectivity index (χ2v) is 5.32. The molecular formula is C14H19NO4. The van der Waals surface area contributed by atoms with Crippen LogP contribution in [0.1, 0.15) is 36.7 Å². The fraction of sp³-hybridized carbons (Fsp3) is 0.429. The number of carboxylic acids is 1. The van der Waals surface area contributed by atoms with Crippen LogP contribution in [0.2, 0.25) is 0 Å². The molecule has 1 rings (SSSR count). The number of rotatable bonds is 4. The number of hydrogen-bond donors (Lipinski definition) is 2. The van der Waals surface area contributed by atoms with Gasteiger partial charge in [-0.1, -0.05) is 6.07 Å². The lowest BCUT2D eigenvalue weighted by Gasteiger charge is -2.20. The van der Waals surface area contributed by atoms with Crippen molar-refractivity contribution in [1.82, 2.24) is 5.32 Å². The van der Waals surface area contributed by atoms with Crippen LogP contribution in [0.5, 0.6) is 5.75 Å². The van der Waals surface area contributed by atoms with Crippen LogP contribution in [-0.4, -0.2) is 29.1 Å². The summed E-state index contributed by atoms with van der Waals surface area (Å²) < 4.78 is 5.36. The highest BCUT2D eigenvalue weighted by atomic mass is 16.5. The van der Waals surface area contributed by atoms with Crippen LogP contribution in [0.3, 0.4) is 0 Å². The Bertz CT molecular complexity index is 489. The van der Waals surface area contributed by atoms with E-state index in [9.17, 15) is 9.59 Å². The van der Waals surface area contributed by atoms with E-state index >= 15 is 0 Å². The zero-order valence-corrected chi connectivity index (χ0v) is 11.6. The first-order chi connectivity index (χ1) is 8.70. The Morgan fingerprint density at radius 2 is 1.95 bits per heavy atom. The molecule has 0 unspecified atom stereocenters. The van der Waals surface area contributed by atoms with Crippen molar-refractivity contribution in [2.24, 2.45) is 0 Å². The van der Waals surface area contributed by atoms with E-state index in [0.29, 0.717) is 11.3 Å². The van der Waals surface area contributed by atoms with E-state index in [1.807, 2.05) is 20.8 Å². The predicted octanol–water partition coefficient (Wildman–Crippen LogP) is 1.99. The number of amides is 1. The maximum atomic E-state index is 11.6. The molecule has 0 atom stereocenters. The molecule has 0 radical (unpaired) electrons. The number of carbonyl (C=O) groups excluding carboxylic acids is 1. The maximum Gasteiger partial charge on any atom is 0.336 e. The third kappa shape index (κ3) is 4.62. The van der Waals surface area contributed by atoms with Gasteiger partial charge in [0.25, 0.3) is 5.91 Å². The second kappa shape index (κ2) is 5.73. The van der Waals surface area contributed by atoms with Gasteiger partial charge in [-0.3, -0.25) is 4.79 Å². The van der Waals surface area contributed by atoms with Gasteiger partial charge in [0.05, 0.1) is 5.56 Å². The third-order valence-electron chi connectivity index (χ3n) is 2.39. The Morgan fingerprint density at radius 3 is 2.47 bits per heavy atom. The standard InChI is InChI=1S/C14H19NO4/c1-9-10(13(17)18)6-5-7-11(9)19-8-12(16)15-14(2,3)4/h5-7H,8H2,1-4H3,(H,15,16)(H,17,18). The summed E-state index contributed by atoms with van der Waals surface area (Å²) in [5, 5.41) is 11.8. The molecular weight excluding hydrogens is 246 g/mol. The van der Waals surface area contributed by atoms with Crippen molar-refractivity contribution in [3.8, 4) is 5.75 Å². The fourth-order valence-electron chi connectivity index (χ4n) is 1.60. The minimum atomic E-state index is -1.01. The summed E-state index contributed by atoms with van der Waals surface area (Å²) in [6.07, 6.45) is 0. The van der Waals surface area contributed by atoms with Gasteiger partial charge < -0.3 is 15.2 Å². The maximum absolute atomic E-state index is 11.6. The Morgan fingerprint density at radius 1 is 1.32 bits per heavy atom. The molecule has 0 aromatic heterocycles. The molecule has 0 heterocycles. The van der Waals surface area contributed by atoms with Crippen molar-refractivity contribution in [1.29, 1.82) is 0 Å². The first kappa shape index (κ1) is 15.0. The van der Waals surface area contributed by atoms with Crippen molar-refractivity contribution < 1.29 is 19.4 Å². The summed E-state index contributed by atoms with van der Waals surface area (Å²) in [7, 11) is 0. The molecule has 5 nitrogen and oxygen atoms in total. The Kier molecular flexibility index (Phi) is 4.53. The first-order valence-corrected chi connectivity index (χ1v) is 5.97. The molecule has 1 amide bonds. The number of hydrogen-bond acceptors (Lipinski definition) is 3. The summed E-state index contributed by atoms with van der Waals surface area (Å²) in [5.41, 5.74) is 0.366. The highest BCUT2D eigenvalue weighted by Crippen LogP contribution is 2.21. The lowest BCUT2D eigenvalue weighted by atomic mass is 10.1. The topological polar surface area (TPSA) is 75.6 Å². The highest BCUT2D eigenvalue weighted by molar-refractivity contribution is 5.90. The van der Waals surface area contributed by atoms with Crippen molar-refractivity contribution in [2.75, 3.05) is 6.61 Å². The molecule has 1 aromatic carbocycles. The minimum Gasteiger partial charge on any atom is -0.483 e. The number of aromatic carboxylic acids is 1. The van der Waals surface area contributed by atoms with E-state index in [0.717, 1.165) is 0 Å². The zero-order chi connectivity index (χ0) is 14.6. The van der Waals surface area contributed by atoms with Crippen LogP contribution >= 0.6 is 0 Å². The summed E-state index contributed by atoms with van der Waals surface area (Å²) in [4.78, 5) is 22.6. The molecule has 0 bridgehead atoms. The molecule has 0 aliphatic heterocycles. The average molecular weight is 265 g/mol. The Balaban J connectivity index is 2.71. The van der Waals surface area contributed by atoms with Gasteiger partial charge in [-0.15, -0.1) is 0 Å². The number of ether oxygens (including phenoxy) is 1. The van der Waals surface area contributed by atoms with Crippen molar-refractivity contribution in [2.45, 2.75) is 33.2 Å². The molecule has 2 N–H and O–H groups in total. The van der Waals surface area contributed by atoms with Crippen molar-refractivity contribution >= 4 is 11.9 Å². The van der Waals surface area contributed by atoms with Gasteiger partial charge in [0.2, 0.25) is 0 Å². The SMILES string of the molecule is Cc1c(OCC(=O)NC(C)(C)C)cccc1C(=O)O. The van der Waals surface area contributed by atoms with Crippen LogP contribution in [0.15, 0.2) is 18.2 Å². The van der Waals surface area contributed by atoms with Crippen LogP contribution in [0.25, 0.3) is 0 Å².